The van der Waals surface area contributed by atoms with E-state index in [9.17, 15) is 13.2 Å². The lowest BCUT2D eigenvalue weighted by atomic mass is 9.90. The van der Waals surface area contributed by atoms with Gasteiger partial charge in [-0.15, -0.1) is 0 Å². The highest BCUT2D eigenvalue weighted by molar-refractivity contribution is 7.86. The van der Waals surface area contributed by atoms with E-state index in [1.165, 1.54) is 0 Å². The molecule has 0 N–H and O–H groups in total. The largest absolute Gasteiger partial charge is 0.459 e. The Labute approximate surface area is 115 Å². The van der Waals surface area contributed by atoms with E-state index in [1.807, 2.05) is 27.7 Å². The summed E-state index contributed by atoms with van der Waals surface area (Å²) in [5, 5.41) is 0. The summed E-state index contributed by atoms with van der Waals surface area (Å²) in [6.45, 7) is 7.89. The molecule has 0 aromatic heterocycles. The minimum absolute atomic E-state index is 0.164. The lowest BCUT2D eigenvalue weighted by Gasteiger charge is -2.23. The number of esters is 1. The number of carbonyl (C=O) groups is 1. The number of carbonyl (C=O) groups excluding carboxylic acids is 1. The molecule has 0 aliphatic carbocycles. The SMILES string of the molecule is CC(C)C[C@H](OS(C)(=O)=O)[C@H]1C[C@@H](C(C)C)C(=O)O1. The van der Waals surface area contributed by atoms with E-state index >= 15 is 0 Å². The predicted octanol–water partition coefficient (Wildman–Crippen LogP) is 1.97. The van der Waals surface area contributed by atoms with Crippen molar-refractivity contribution in [2.45, 2.75) is 52.7 Å². The van der Waals surface area contributed by atoms with Crippen molar-refractivity contribution in [3.8, 4) is 0 Å². The van der Waals surface area contributed by atoms with Gasteiger partial charge in [0.05, 0.1) is 12.2 Å². The normalized spacial score (nSPS) is 25.9. The molecule has 0 amide bonds. The van der Waals surface area contributed by atoms with Crippen LogP contribution in [0.3, 0.4) is 0 Å². The van der Waals surface area contributed by atoms with Crippen LogP contribution in [0.4, 0.5) is 0 Å². The van der Waals surface area contributed by atoms with Gasteiger partial charge < -0.3 is 4.74 Å². The van der Waals surface area contributed by atoms with Crippen molar-refractivity contribution in [1.29, 1.82) is 0 Å². The molecule has 0 bridgehead atoms. The maximum absolute atomic E-state index is 11.8. The quantitative estimate of drug-likeness (QED) is 0.553. The van der Waals surface area contributed by atoms with Gasteiger partial charge in [0.25, 0.3) is 10.1 Å². The first kappa shape index (κ1) is 16.4. The molecule has 0 radical (unpaired) electrons. The standard InChI is InChI=1S/C13H24O5S/c1-8(2)6-12(18-19(5,15)16)11-7-10(9(3)4)13(14)17-11/h8-12H,6-7H2,1-5H3/t10-,11+,12-/m0/s1. The van der Waals surface area contributed by atoms with Gasteiger partial charge in [-0.1, -0.05) is 27.7 Å². The third kappa shape index (κ3) is 5.10. The van der Waals surface area contributed by atoms with Gasteiger partial charge in [-0.05, 0) is 18.3 Å². The van der Waals surface area contributed by atoms with Crippen LogP contribution < -0.4 is 0 Å². The topological polar surface area (TPSA) is 69.7 Å². The molecule has 1 rings (SSSR count). The first-order valence-electron chi connectivity index (χ1n) is 6.69. The van der Waals surface area contributed by atoms with Gasteiger partial charge in [0.1, 0.15) is 12.2 Å². The molecular weight excluding hydrogens is 268 g/mol. The van der Waals surface area contributed by atoms with Crippen LogP contribution in [0.2, 0.25) is 0 Å². The van der Waals surface area contributed by atoms with Crippen LogP contribution in [-0.2, 0) is 23.8 Å². The third-order valence-corrected chi connectivity index (χ3v) is 3.87. The van der Waals surface area contributed by atoms with Crippen molar-refractivity contribution < 1.29 is 22.1 Å². The molecule has 0 spiro atoms. The molecule has 6 heteroatoms. The Morgan fingerprint density at radius 1 is 1.32 bits per heavy atom. The van der Waals surface area contributed by atoms with Crippen molar-refractivity contribution >= 4 is 16.1 Å². The maximum Gasteiger partial charge on any atom is 0.309 e. The second-order valence-electron chi connectivity index (χ2n) is 6.03. The molecule has 1 aliphatic rings. The van der Waals surface area contributed by atoms with Gasteiger partial charge in [0.2, 0.25) is 0 Å². The molecule has 0 aromatic rings. The molecule has 0 saturated carbocycles. The molecule has 3 atom stereocenters. The highest BCUT2D eigenvalue weighted by Gasteiger charge is 2.41. The molecule has 19 heavy (non-hydrogen) atoms. The van der Waals surface area contributed by atoms with E-state index in [4.69, 9.17) is 8.92 Å². The predicted molar refractivity (Wildman–Crippen MR) is 72.0 cm³/mol. The van der Waals surface area contributed by atoms with Crippen molar-refractivity contribution in [2.75, 3.05) is 6.26 Å². The molecule has 112 valence electrons. The summed E-state index contributed by atoms with van der Waals surface area (Å²) in [6.07, 6.45) is 1.07. The average molecular weight is 292 g/mol. The first-order chi connectivity index (χ1) is 8.60. The Kier molecular flexibility index (Phi) is 5.38. The Bertz CT molecular complexity index is 413. The van der Waals surface area contributed by atoms with Gasteiger partial charge in [-0.25, -0.2) is 0 Å². The molecular formula is C13H24O5S. The minimum Gasteiger partial charge on any atom is -0.459 e. The van der Waals surface area contributed by atoms with Gasteiger partial charge in [-0.3, -0.25) is 8.98 Å². The van der Waals surface area contributed by atoms with Crippen molar-refractivity contribution in [3.05, 3.63) is 0 Å². The highest BCUT2D eigenvalue weighted by atomic mass is 32.2. The minimum atomic E-state index is -3.55. The molecule has 0 aromatic carbocycles. The van der Waals surface area contributed by atoms with Crippen LogP contribution in [0.5, 0.6) is 0 Å². The van der Waals surface area contributed by atoms with Crippen LogP contribution in [0.15, 0.2) is 0 Å². The van der Waals surface area contributed by atoms with Crippen molar-refractivity contribution in [3.63, 3.8) is 0 Å². The molecule has 1 heterocycles. The fraction of sp³-hybridized carbons (Fsp3) is 0.923. The lowest BCUT2D eigenvalue weighted by molar-refractivity contribution is -0.148. The zero-order valence-electron chi connectivity index (χ0n) is 12.3. The Balaban J connectivity index is 2.79. The molecule has 1 saturated heterocycles. The second kappa shape index (κ2) is 6.22. The van der Waals surface area contributed by atoms with E-state index in [1.54, 1.807) is 0 Å². The number of cyclic esters (lactones) is 1. The number of rotatable bonds is 6. The maximum atomic E-state index is 11.8. The third-order valence-electron chi connectivity index (χ3n) is 3.28. The van der Waals surface area contributed by atoms with Gasteiger partial charge in [0, 0.05) is 6.42 Å². The van der Waals surface area contributed by atoms with Crippen LogP contribution >= 0.6 is 0 Å². The van der Waals surface area contributed by atoms with E-state index in [0.717, 1.165) is 6.26 Å². The Hall–Kier alpha value is -0.620. The second-order valence-corrected chi connectivity index (χ2v) is 7.63. The molecule has 0 unspecified atom stereocenters. The molecule has 1 aliphatic heterocycles. The van der Waals surface area contributed by atoms with Crippen LogP contribution in [-0.4, -0.2) is 32.9 Å². The summed E-state index contributed by atoms with van der Waals surface area (Å²) in [4.78, 5) is 11.8. The van der Waals surface area contributed by atoms with E-state index in [2.05, 4.69) is 0 Å². The van der Waals surface area contributed by atoms with Gasteiger partial charge in [0.15, 0.2) is 0 Å². The van der Waals surface area contributed by atoms with E-state index < -0.39 is 22.3 Å². The monoisotopic (exact) mass is 292 g/mol. The summed E-state index contributed by atoms with van der Waals surface area (Å²) < 4.78 is 33.0. The summed E-state index contributed by atoms with van der Waals surface area (Å²) in [6, 6.07) is 0. The lowest BCUT2D eigenvalue weighted by Crippen LogP contribution is -2.32. The van der Waals surface area contributed by atoms with Gasteiger partial charge >= 0.3 is 5.97 Å². The van der Waals surface area contributed by atoms with Crippen LogP contribution in [0.25, 0.3) is 0 Å². The Morgan fingerprint density at radius 3 is 2.26 bits per heavy atom. The number of hydrogen-bond acceptors (Lipinski definition) is 5. The fourth-order valence-corrected chi connectivity index (χ4v) is 3.00. The fourth-order valence-electron chi connectivity index (χ4n) is 2.35. The summed E-state index contributed by atoms with van der Waals surface area (Å²) in [5.41, 5.74) is 0. The smallest absolute Gasteiger partial charge is 0.309 e. The van der Waals surface area contributed by atoms with Crippen molar-refractivity contribution in [1.82, 2.24) is 0 Å². The van der Waals surface area contributed by atoms with Crippen molar-refractivity contribution in [2.24, 2.45) is 17.8 Å². The average Bonchev–Trinajstić information content (AvgIpc) is 2.56. The first-order valence-corrected chi connectivity index (χ1v) is 8.50. The number of hydrogen-bond donors (Lipinski definition) is 0. The van der Waals surface area contributed by atoms with E-state index in [0.29, 0.717) is 12.8 Å². The number of ether oxygens (including phenoxy) is 1. The van der Waals surface area contributed by atoms with Crippen LogP contribution in [0.1, 0.15) is 40.5 Å². The highest BCUT2D eigenvalue weighted by Crippen LogP contribution is 2.32. The molecule has 5 nitrogen and oxygen atoms in total. The summed E-state index contributed by atoms with van der Waals surface area (Å²) >= 11 is 0. The molecule has 1 fully saturated rings. The van der Waals surface area contributed by atoms with E-state index in [-0.39, 0.29) is 23.7 Å². The zero-order valence-corrected chi connectivity index (χ0v) is 13.1. The summed E-state index contributed by atoms with van der Waals surface area (Å²) in [5.74, 6) is 0.0488. The van der Waals surface area contributed by atoms with Gasteiger partial charge in [-0.2, -0.15) is 8.42 Å². The zero-order chi connectivity index (χ0) is 14.8. The Morgan fingerprint density at radius 2 is 1.89 bits per heavy atom. The van der Waals surface area contributed by atoms with Crippen LogP contribution in [0, 0.1) is 17.8 Å². The summed E-state index contributed by atoms with van der Waals surface area (Å²) in [7, 11) is -3.55.